The van der Waals surface area contributed by atoms with Gasteiger partial charge in [-0.15, -0.1) is 0 Å². The van der Waals surface area contributed by atoms with Gasteiger partial charge in [0.25, 0.3) is 0 Å². The Bertz CT molecular complexity index is 422. The molecule has 0 radical (unpaired) electrons. The number of hydrogen-bond donors (Lipinski definition) is 1. The Kier molecular flexibility index (Phi) is 5.80. The van der Waals surface area contributed by atoms with Crippen molar-refractivity contribution in [3.63, 3.8) is 0 Å². The molecule has 0 amide bonds. The highest BCUT2D eigenvalue weighted by molar-refractivity contribution is 5.21. The Morgan fingerprint density at radius 2 is 2.10 bits per heavy atom. The molecule has 0 aromatic heterocycles. The number of rotatable bonds is 6. The smallest absolute Gasteiger partial charge is 0.0500 e. The van der Waals surface area contributed by atoms with E-state index in [4.69, 9.17) is 4.74 Å². The highest BCUT2D eigenvalue weighted by atomic mass is 16.5. The topological polar surface area (TPSA) is 24.5 Å². The van der Waals surface area contributed by atoms with Crippen molar-refractivity contribution in [3.8, 4) is 0 Å². The van der Waals surface area contributed by atoms with E-state index in [2.05, 4.69) is 61.3 Å². The molecule has 0 saturated carbocycles. The Hall–Kier alpha value is -0.900. The van der Waals surface area contributed by atoms with Crippen LogP contribution in [0.5, 0.6) is 0 Å². The highest BCUT2D eigenvalue weighted by Crippen LogP contribution is 2.29. The van der Waals surface area contributed by atoms with Crippen LogP contribution in [0.3, 0.4) is 0 Å². The van der Waals surface area contributed by atoms with Gasteiger partial charge in [0, 0.05) is 44.9 Å². The first kappa shape index (κ1) is 16.5. The van der Waals surface area contributed by atoms with Gasteiger partial charge in [0.15, 0.2) is 0 Å². The summed E-state index contributed by atoms with van der Waals surface area (Å²) in [5, 5.41) is 3.76. The molecule has 1 aliphatic rings. The molecule has 0 bridgehead atoms. The Morgan fingerprint density at radius 1 is 1.38 bits per heavy atom. The number of methoxy groups -OCH3 is 1. The maximum absolute atomic E-state index is 5.32. The van der Waals surface area contributed by atoms with Crippen molar-refractivity contribution < 1.29 is 4.74 Å². The molecule has 1 aromatic rings. The summed E-state index contributed by atoms with van der Waals surface area (Å²) < 4.78 is 5.32. The van der Waals surface area contributed by atoms with Gasteiger partial charge < -0.3 is 10.1 Å². The third-order valence-electron chi connectivity index (χ3n) is 4.68. The van der Waals surface area contributed by atoms with Crippen molar-refractivity contribution in [2.45, 2.75) is 38.8 Å². The second-order valence-corrected chi connectivity index (χ2v) is 6.71. The first-order valence-electron chi connectivity index (χ1n) is 8.11. The number of piperazine rings is 1. The quantitative estimate of drug-likeness (QED) is 0.871. The molecule has 0 aliphatic carbocycles. The summed E-state index contributed by atoms with van der Waals surface area (Å²) >= 11 is 0. The van der Waals surface area contributed by atoms with Crippen LogP contribution in [0.25, 0.3) is 0 Å². The van der Waals surface area contributed by atoms with Crippen LogP contribution in [-0.4, -0.2) is 43.8 Å². The SMILES string of the molecule is CCC1(C)CN(CC(C)COC)C(c2ccccc2)CN1. The van der Waals surface area contributed by atoms with Gasteiger partial charge in [-0.2, -0.15) is 0 Å². The van der Waals surface area contributed by atoms with E-state index in [1.165, 1.54) is 5.56 Å². The predicted octanol–water partition coefficient (Wildman–Crippen LogP) is 3.08. The predicted molar refractivity (Wildman–Crippen MR) is 88.5 cm³/mol. The maximum Gasteiger partial charge on any atom is 0.0500 e. The fraction of sp³-hybridized carbons (Fsp3) is 0.667. The molecule has 118 valence electrons. The molecule has 1 aliphatic heterocycles. The van der Waals surface area contributed by atoms with Crippen LogP contribution in [0.4, 0.5) is 0 Å². The summed E-state index contributed by atoms with van der Waals surface area (Å²) in [5.74, 6) is 0.556. The van der Waals surface area contributed by atoms with Gasteiger partial charge in [0.1, 0.15) is 0 Å². The molecule has 1 saturated heterocycles. The van der Waals surface area contributed by atoms with Crippen molar-refractivity contribution in [3.05, 3.63) is 35.9 Å². The van der Waals surface area contributed by atoms with E-state index < -0.39 is 0 Å². The average molecular weight is 290 g/mol. The van der Waals surface area contributed by atoms with Crippen molar-refractivity contribution in [1.29, 1.82) is 0 Å². The van der Waals surface area contributed by atoms with E-state index >= 15 is 0 Å². The van der Waals surface area contributed by atoms with E-state index in [-0.39, 0.29) is 5.54 Å². The lowest BCUT2D eigenvalue weighted by Crippen LogP contribution is -2.60. The van der Waals surface area contributed by atoms with Crippen LogP contribution in [0.2, 0.25) is 0 Å². The van der Waals surface area contributed by atoms with E-state index in [1.807, 2.05) is 0 Å². The van der Waals surface area contributed by atoms with E-state index in [0.29, 0.717) is 12.0 Å². The number of nitrogens with one attached hydrogen (secondary N) is 1. The van der Waals surface area contributed by atoms with E-state index in [1.54, 1.807) is 7.11 Å². The summed E-state index contributed by atoms with van der Waals surface area (Å²) in [7, 11) is 1.79. The fourth-order valence-electron chi connectivity index (χ4n) is 3.26. The van der Waals surface area contributed by atoms with Crippen LogP contribution in [-0.2, 0) is 4.74 Å². The lowest BCUT2D eigenvalue weighted by molar-refractivity contribution is 0.0532. The molecular weight excluding hydrogens is 260 g/mol. The van der Waals surface area contributed by atoms with Gasteiger partial charge in [-0.05, 0) is 24.8 Å². The normalized spacial score (nSPS) is 28.5. The van der Waals surface area contributed by atoms with Crippen molar-refractivity contribution in [2.24, 2.45) is 5.92 Å². The Morgan fingerprint density at radius 3 is 2.71 bits per heavy atom. The molecular formula is C18H30N2O. The molecule has 0 spiro atoms. The second-order valence-electron chi connectivity index (χ2n) is 6.71. The number of benzene rings is 1. The van der Waals surface area contributed by atoms with E-state index in [9.17, 15) is 0 Å². The third-order valence-corrected chi connectivity index (χ3v) is 4.68. The number of hydrogen-bond acceptors (Lipinski definition) is 3. The van der Waals surface area contributed by atoms with Gasteiger partial charge in [-0.25, -0.2) is 0 Å². The van der Waals surface area contributed by atoms with Gasteiger partial charge in [-0.1, -0.05) is 44.2 Å². The molecule has 2 rings (SSSR count). The zero-order valence-electron chi connectivity index (χ0n) is 13.9. The largest absolute Gasteiger partial charge is 0.384 e. The summed E-state index contributed by atoms with van der Waals surface area (Å²) in [6.07, 6.45) is 1.16. The lowest BCUT2D eigenvalue weighted by Gasteiger charge is -2.47. The molecule has 3 unspecified atom stereocenters. The monoisotopic (exact) mass is 290 g/mol. The summed E-state index contributed by atoms with van der Waals surface area (Å²) in [6, 6.07) is 11.3. The minimum absolute atomic E-state index is 0.220. The molecule has 1 heterocycles. The third kappa shape index (κ3) is 4.29. The van der Waals surface area contributed by atoms with Gasteiger partial charge >= 0.3 is 0 Å². The molecule has 3 nitrogen and oxygen atoms in total. The number of ether oxygens (including phenoxy) is 1. The first-order valence-corrected chi connectivity index (χ1v) is 8.11. The molecule has 1 aromatic carbocycles. The van der Waals surface area contributed by atoms with Gasteiger partial charge in [0.2, 0.25) is 0 Å². The maximum atomic E-state index is 5.32. The lowest BCUT2D eigenvalue weighted by atomic mass is 9.90. The first-order chi connectivity index (χ1) is 10.1. The van der Waals surface area contributed by atoms with Crippen LogP contribution in [0.15, 0.2) is 30.3 Å². The summed E-state index contributed by atoms with van der Waals surface area (Å²) in [4.78, 5) is 2.64. The van der Waals surface area contributed by atoms with Crippen molar-refractivity contribution in [1.82, 2.24) is 10.2 Å². The summed E-state index contributed by atoms with van der Waals surface area (Å²) in [6.45, 7) is 10.9. The van der Waals surface area contributed by atoms with Crippen LogP contribution >= 0.6 is 0 Å². The zero-order chi connectivity index (χ0) is 15.3. The summed E-state index contributed by atoms with van der Waals surface area (Å²) in [5.41, 5.74) is 1.63. The van der Waals surface area contributed by atoms with Crippen LogP contribution < -0.4 is 5.32 Å². The van der Waals surface area contributed by atoms with Crippen LogP contribution in [0, 0.1) is 5.92 Å². The molecule has 3 heteroatoms. The van der Waals surface area contributed by atoms with Gasteiger partial charge in [-0.3, -0.25) is 4.90 Å². The van der Waals surface area contributed by atoms with Crippen LogP contribution in [0.1, 0.15) is 38.8 Å². The minimum Gasteiger partial charge on any atom is -0.384 e. The average Bonchev–Trinajstić information content (AvgIpc) is 2.48. The zero-order valence-corrected chi connectivity index (χ0v) is 13.9. The molecule has 21 heavy (non-hydrogen) atoms. The van der Waals surface area contributed by atoms with E-state index in [0.717, 1.165) is 32.7 Å². The highest BCUT2D eigenvalue weighted by Gasteiger charge is 2.35. The Labute approximate surface area is 129 Å². The molecule has 3 atom stereocenters. The number of nitrogens with zero attached hydrogens (tertiary/aromatic N) is 1. The van der Waals surface area contributed by atoms with Crippen molar-refractivity contribution in [2.75, 3.05) is 33.4 Å². The molecule has 1 N–H and O–H groups in total. The minimum atomic E-state index is 0.220. The fourth-order valence-corrected chi connectivity index (χ4v) is 3.26. The van der Waals surface area contributed by atoms with Crippen molar-refractivity contribution >= 4 is 0 Å². The van der Waals surface area contributed by atoms with Gasteiger partial charge in [0.05, 0.1) is 0 Å². The molecule has 1 fully saturated rings. The standard InChI is InChI=1S/C18H30N2O/c1-5-18(3)14-20(12-15(2)13-21-4)17(11-19-18)16-9-7-6-8-10-16/h6-10,15,17,19H,5,11-14H2,1-4H3. The second kappa shape index (κ2) is 7.39. The Balaban J connectivity index is 2.14.